The van der Waals surface area contributed by atoms with Gasteiger partial charge in [0.25, 0.3) is 5.91 Å². The van der Waals surface area contributed by atoms with Gasteiger partial charge in [0.05, 0.1) is 32.3 Å². The lowest BCUT2D eigenvalue weighted by Gasteiger charge is -2.35. The standard InChI is InChI=1S/C21H26N6O6/c1-11(2)32-6-13-15(28)16(29)20(33-13)27-10-25-14-17(23-9-24-18(14)27)26-19(30)12(5-22)4-21(3)7-31-8-21/h4,9-11,13,15-16,20,28-29H,6-8H2,1-3H3,(H,23,24,26,30)/b12-4+/t13-,15-,16-,20-/m1/s1. The SMILES string of the molecule is CC(C)OC[C@H]1O[C@@H](n2cnc3c(NC(=O)/C(C#N)=C/C4(C)COC4)ncnc32)[C@H](O)[C@@H]1O. The molecule has 2 aliphatic heterocycles. The molecule has 2 aromatic heterocycles. The van der Waals surface area contributed by atoms with Crippen molar-refractivity contribution < 1.29 is 29.2 Å². The summed E-state index contributed by atoms with van der Waals surface area (Å²) in [5, 5.41) is 32.9. The van der Waals surface area contributed by atoms with Gasteiger partial charge in [0.1, 0.15) is 36.3 Å². The molecule has 1 amide bonds. The van der Waals surface area contributed by atoms with Crippen LogP contribution in [0, 0.1) is 16.7 Å². The topological polar surface area (TPSA) is 165 Å². The zero-order chi connectivity index (χ0) is 23.8. The van der Waals surface area contributed by atoms with E-state index in [1.807, 2.05) is 26.8 Å². The number of ether oxygens (including phenoxy) is 3. The van der Waals surface area contributed by atoms with Crippen LogP contribution >= 0.6 is 0 Å². The predicted octanol–water partition coefficient (Wildman–Crippen LogP) is 0.295. The van der Waals surface area contributed by atoms with E-state index in [0.717, 1.165) is 0 Å². The molecule has 0 aromatic carbocycles. The maximum Gasteiger partial charge on any atom is 0.267 e. The summed E-state index contributed by atoms with van der Waals surface area (Å²) in [4.78, 5) is 25.2. The second-order valence-electron chi connectivity index (χ2n) is 8.75. The van der Waals surface area contributed by atoms with E-state index in [4.69, 9.17) is 14.2 Å². The highest BCUT2D eigenvalue weighted by atomic mass is 16.6. The van der Waals surface area contributed by atoms with E-state index in [2.05, 4.69) is 20.3 Å². The number of anilines is 1. The van der Waals surface area contributed by atoms with Crippen molar-refractivity contribution in [1.82, 2.24) is 19.5 Å². The molecule has 12 heteroatoms. The van der Waals surface area contributed by atoms with Crippen molar-refractivity contribution in [3.05, 3.63) is 24.3 Å². The molecular formula is C21H26N6O6. The van der Waals surface area contributed by atoms with Gasteiger partial charge in [-0.15, -0.1) is 0 Å². The van der Waals surface area contributed by atoms with E-state index in [1.54, 1.807) is 6.08 Å². The number of aromatic nitrogens is 4. The molecule has 3 N–H and O–H groups in total. The zero-order valence-corrected chi connectivity index (χ0v) is 18.5. The van der Waals surface area contributed by atoms with Crippen LogP contribution in [0.2, 0.25) is 0 Å². The number of nitrogens with one attached hydrogen (secondary N) is 1. The van der Waals surface area contributed by atoms with Gasteiger partial charge in [0.15, 0.2) is 23.2 Å². The Morgan fingerprint density at radius 3 is 2.79 bits per heavy atom. The van der Waals surface area contributed by atoms with E-state index in [-0.39, 0.29) is 40.7 Å². The largest absolute Gasteiger partial charge is 0.387 e. The van der Waals surface area contributed by atoms with Gasteiger partial charge in [0.2, 0.25) is 0 Å². The second kappa shape index (κ2) is 9.12. The van der Waals surface area contributed by atoms with Gasteiger partial charge in [-0.05, 0) is 13.8 Å². The molecule has 0 unspecified atom stereocenters. The molecule has 0 radical (unpaired) electrons. The number of fused-ring (bicyclic) bond motifs is 1. The van der Waals surface area contributed by atoms with Crippen molar-refractivity contribution in [2.45, 2.75) is 51.4 Å². The number of rotatable bonds is 7. The quantitative estimate of drug-likeness (QED) is 0.388. The van der Waals surface area contributed by atoms with Crippen LogP contribution in [-0.2, 0) is 19.0 Å². The Bertz CT molecular complexity index is 1100. The van der Waals surface area contributed by atoms with E-state index in [9.17, 15) is 20.3 Å². The van der Waals surface area contributed by atoms with E-state index in [0.29, 0.717) is 13.2 Å². The molecule has 4 atom stereocenters. The maximum absolute atomic E-state index is 12.7. The summed E-state index contributed by atoms with van der Waals surface area (Å²) in [5.74, 6) is -0.522. The normalized spacial score (nSPS) is 26.9. The first-order chi connectivity index (χ1) is 15.7. The zero-order valence-electron chi connectivity index (χ0n) is 18.5. The molecule has 4 rings (SSSR count). The summed E-state index contributed by atoms with van der Waals surface area (Å²) >= 11 is 0. The minimum Gasteiger partial charge on any atom is -0.387 e. The van der Waals surface area contributed by atoms with Gasteiger partial charge in [-0.1, -0.05) is 13.0 Å². The van der Waals surface area contributed by atoms with E-state index >= 15 is 0 Å². The molecule has 0 aliphatic carbocycles. The van der Waals surface area contributed by atoms with Crippen LogP contribution in [-0.4, -0.2) is 79.9 Å². The van der Waals surface area contributed by atoms with Gasteiger partial charge >= 0.3 is 0 Å². The number of hydrogen-bond acceptors (Lipinski definition) is 10. The monoisotopic (exact) mass is 458 g/mol. The highest BCUT2D eigenvalue weighted by molar-refractivity contribution is 6.08. The highest BCUT2D eigenvalue weighted by Gasteiger charge is 2.44. The van der Waals surface area contributed by atoms with Crippen molar-refractivity contribution >= 4 is 22.9 Å². The summed E-state index contributed by atoms with van der Waals surface area (Å²) in [5.41, 5.74) is 0.104. The van der Waals surface area contributed by atoms with Gasteiger partial charge in [-0.3, -0.25) is 9.36 Å². The van der Waals surface area contributed by atoms with Crippen molar-refractivity contribution in [3.8, 4) is 6.07 Å². The third kappa shape index (κ3) is 4.59. The Morgan fingerprint density at radius 2 is 2.15 bits per heavy atom. The van der Waals surface area contributed by atoms with Crippen molar-refractivity contribution in [3.63, 3.8) is 0 Å². The summed E-state index contributed by atoms with van der Waals surface area (Å²) in [6.45, 7) is 6.60. The van der Waals surface area contributed by atoms with E-state index < -0.39 is 30.4 Å². The summed E-state index contributed by atoms with van der Waals surface area (Å²) in [6.07, 6.45) is 0.0492. The Balaban J connectivity index is 1.56. The lowest BCUT2D eigenvalue weighted by atomic mass is 9.86. The van der Waals surface area contributed by atoms with Crippen LogP contribution in [0.5, 0.6) is 0 Å². The van der Waals surface area contributed by atoms with Crippen LogP contribution in [0.4, 0.5) is 5.82 Å². The number of aliphatic hydroxyl groups excluding tert-OH is 2. The molecule has 0 bridgehead atoms. The van der Waals surface area contributed by atoms with Crippen molar-refractivity contribution in [2.75, 3.05) is 25.1 Å². The highest BCUT2D eigenvalue weighted by Crippen LogP contribution is 2.33. The molecule has 0 saturated carbocycles. The number of aliphatic hydroxyl groups is 2. The average Bonchev–Trinajstić information content (AvgIpc) is 3.31. The molecule has 0 spiro atoms. The van der Waals surface area contributed by atoms with Crippen molar-refractivity contribution in [1.29, 1.82) is 5.26 Å². The predicted molar refractivity (Wildman–Crippen MR) is 114 cm³/mol. The minimum absolute atomic E-state index is 0.0577. The van der Waals surface area contributed by atoms with Gasteiger partial charge in [-0.2, -0.15) is 5.26 Å². The van der Waals surface area contributed by atoms with Gasteiger partial charge in [0, 0.05) is 5.41 Å². The van der Waals surface area contributed by atoms with Crippen LogP contribution in [0.1, 0.15) is 27.0 Å². The lowest BCUT2D eigenvalue weighted by Crippen LogP contribution is -2.38. The number of imidazole rings is 1. The van der Waals surface area contributed by atoms with Gasteiger partial charge < -0.3 is 29.7 Å². The fourth-order valence-corrected chi connectivity index (χ4v) is 3.69. The first-order valence-electron chi connectivity index (χ1n) is 10.6. The number of carbonyl (C=O) groups is 1. The molecule has 12 nitrogen and oxygen atoms in total. The van der Waals surface area contributed by atoms with Crippen LogP contribution < -0.4 is 5.32 Å². The number of carbonyl (C=O) groups excluding carboxylic acids is 1. The molecule has 2 saturated heterocycles. The first kappa shape index (κ1) is 23.2. The molecule has 2 fully saturated rings. The molecular weight excluding hydrogens is 432 g/mol. The first-order valence-corrected chi connectivity index (χ1v) is 10.6. The van der Waals surface area contributed by atoms with Crippen LogP contribution in [0.3, 0.4) is 0 Å². The third-order valence-corrected chi connectivity index (χ3v) is 5.52. The number of amides is 1. The van der Waals surface area contributed by atoms with E-state index in [1.165, 1.54) is 17.2 Å². The Morgan fingerprint density at radius 1 is 1.39 bits per heavy atom. The Labute approximate surface area is 189 Å². The molecule has 33 heavy (non-hydrogen) atoms. The lowest BCUT2D eigenvalue weighted by molar-refractivity contribution is -0.112. The number of nitriles is 1. The van der Waals surface area contributed by atoms with Gasteiger partial charge in [-0.25, -0.2) is 15.0 Å². The van der Waals surface area contributed by atoms with Crippen molar-refractivity contribution in [2.24, 2.45) is 5.41 Å². The molecule has 2 aliphatic rings. The summed E-state index contributed by atoms with van der Waals surface area (Å²) in [6, 6.07) is 1.91. The average molecular weight is 458 g/mol. The van der Waals surface area contributed by atoms with Crippen LogP contribution in [0.25, 0.3) is 11.2 Å². The Hall–Kier alpha value is -2.95. The summed E-state index contributed by atoms with van der Waals surface area (Å²) in [7, 11) is 0. The Kier molecular flexibility index (Phi) is 6.42. The second-order valence-corrected chi connectivity index (χ2v) is 8.75. The molecule has 176 valence electrons. The maximum atomic E-state index is 12.7. The third-order valence-electron chi connectivity index (χ3n) is 5.52. The smallest absolute Gasteiger partial charge is 0.267 e. The molecule has 4 heterocycles. The number of hydrogen-bond donors (Lipinski definition) is 3. The fourth-order valence-electron chi connectivity index (χ4n) is 3.69. The molecule has 2 aromatic rings. The fraction of sp³-hybridized carbons (Fsp3) is 0.571. The minimum atomic E-state index is -1.24. The van der Waals surface area contributed by atoms with Crippen LogP contribution in [0.15, 0.2) is 24.3 Å². The number of nitrogens with zero attached hydrogens (tertiary/aromatic N) is 5. The summed E-state index contributed by atoms with van der Waals surface area (Å²) < 4.78 is 18.0.